The number of hydrogen-bond acceptors (Lipinski definition) is 3. The van der Waals surface area contributed by atoms with Crippen molar-refractivity contribution >= 4 is 21.4 Å². The number of nitrogens with one attached hydrogen (secondary N) is 1. The molecule has 0 aliphatic carbocycles. The van der Waals surface area contributed by atoms with Crippen molar-refractivity contribution in [3.63, 3.8) is 0 Å². The molecular weight excluding hydrogens is 360 g/mol. The van der Waals surface area contributed by atoms with Crippen LogP contribution in [0.1, 0.15) is 11.1 Å². The monoisotopic (exact) mass is 383 g/mol. The predicted octanol–water partition coefficient (Wildman–Crippen LogP) is 0.972. The molecule has 0 spiro atoms. The number of rotatable bonds is 4. The summed E-state index contributed by atoms with van der Waals surface area (Å²) >= 11 is 0. The summed E-state index contributed by atoms with van der Waals surface area (Å²) in [4.78, 5) is 16.1. The lowest BCUT2D eigenvalue weighted by atomic mass is 10.00. The maximum Gasteiger partial charge on any atom is 0.282 e. The molecule has 0 aromatic heterocycles. The third-order valence-corrected chi connectivity index (χ3v) is 6.63. The third-order valence-electron chi connectivity index (χ3n) is 5.25. The summed E-state index contributed by atoms with van der Waals surface area (Å²) in [6, 6.07) is 17.3. The van der Waals surface area contributed by atoms with E-state index in [9.17, 15) is 13.2 Å². The van der Waals surface area contributed by atoms with Crippen LogP contribution in [0.2, 0.25) is 0 Å². The van der Waals surface area contributed by atoms with Crippen molar-refractivity contribution in [2.45, 2.75) is 19.0 Å². The molecule has 0 saturated heterocycles. The molecule has 2 heterocycles. The molecule has 2 aliphatic rings. The Bertz CT molecular complexity index is 970. The van der Waals surface area contributed by atoms with Crippen LogP contribution in [0.5, 0.6) is 0 Å². The van der Waals surface area contributed by atoms with Crippen molar-refractivity contribution in [3.05, 3.63) is 77.2 Å². The molecule has 2 atom stereocenters. The quantitative estimate of drug-likeness (QED) is 0.856. The predicted molar refractivity (Wildman–Crippen MR) is 105 cm³/mol. The van der Waals surface area contributed by atoms with Crippen molar-refractivity contribution in [1.29, 1.82) is 0 Å². The number of quaternary nitrogens is 1. The molecule has 0 radical (unpaired) electrons. The van der Waals surface area contributed by atoms with Gasteiger partial charge in [0.1, 0.15) is 6.54 Å². The first-order valence-electron chi connectivity index (χ1n) is 9.20. The van der Waals surface area contributed by atoms with Crippen LogP contribution in [-0.2, 0) is 27.6 Å². The van der Waals surface area contributed by atoms with Crippen LogP contribution in [0.4, 0.5) is 5.69 Å². The van der Waals surface area contributed by atoms with E-state index in [1.165, 1.54) is 21.4 Å². The van der Waals surface area contributed by atoms with Crippen LogP contribution in [0, 0.1) is 0 Å². The molecule has 5 nitrogen and oxygen atoms in total. The number of nitrogens with zero attached hydrogens (tertiary/aromatic N) is 1. The lowest BCUT2D eigenvalue weighted by Gasteiger charge is -2.31. The molecule has 0 saturated carbocycles. The lowest BCUT2D eigenvalue weighted by molar-refractivity contribution is -0.907. The first-order valence-corrected chi connectivity index (χ1v) is 10.9. The van der Waals surface area contributed by atoms with Crippen LogP contribution < -0.4 is 9.80 Å². The first kappa shape index (κ1) is 17.9. The van der Waals surface area contributed by atoms with Crippen molar-refractivity contribution in [1.82, 2.24) is 0 Å². The van der Waals surface area contributed by atoms with Crippen LogP contribution in [-0.4, -0.2) is 39.2 Å². The number of hydrogen-bond donors (Lipinski definition) is 1. The van der Waals surface area contributed by atoms with Crippen LogP contribution in [0.3, 0.4) is 0 Å². The Hall–Kier alpha value is -2.44. The molecule has 1 N–H and O–H groups in total. The van der Waals surface area contributed by atoms with Gasteiger partial charge >= 0.3 is 0 Å². The van der Waals surface area contributed by atoms with E-state index in [1.54, 1.807) is 11.0 Å². The maximum absolute atomic E-state index is 13.2. The van der Waals surface area contributed by atoms with E-state index in [2.05, 4.69) is 18.2 Å². The largest absolute Gasteiger partial charge is 0.323 e. The van der Waals surface area contributed by atoms with Gasteiger partial charge in [0.05, 0.1) is 18.3 Å². The second kappa shape index (κ2) is 7.29. The summed E-state index contributed by atoms with van der Waals surface area (Å²) in [6.45, 7) is 2.08. The van der Waals surface area contributed by atoms with Gasteiger partial charge in [0, 0.05) is 23.1 Å². The summed E-state index contributed by atoms with van der Waals surface area (Å²) in [5.74, 6) is -0.0893. The van der Waals surface area contributed by atoms with Gasteiger partial charge in [-0.15, -0.1) is 0 Å². The van der Waals surface area contributed by atoms with Gasteiger partial charge in [-0.25, -0.2) is 8.42 Å². The Balaban J connectivity index is 1.54. The third kappa shape index (κ3) is 3.96. The van der Waals surface area contributed by atoms with E-state index in [0.29, 0.717) is 6.54 Å². The van der Waals surface area contributed by atoms with Crippen LogP contribution >= 0.6 is 0 Å². The Morgan fingerprint density at radius 2 is 1.74 bits per heavy atom. The molecule has 4 rings (SSSR count). The number of fused-ring (bicyclic) bond motifs is 1. The van der Waals surface area contributed by atoms with E-state index >= 15 is 0 Å². The van der Waals surface area contributed by atoms with Crippen molar-refractivity contribution < 1.29 is 18.1 Å². The lowest BCUT2D eigenvalue weighted by Crippen LogP contribution is -3.13. The molecule has 1 unspecified atom stereocenters. The zero-order chi connectivity index (χ0) is 18.9. The fraction of sp³-hybridized carbons (Fsp3) is 0.286. The molecule has 2 aromatic carbocycles. The Morgan fingerprint density at radius 1 is 1.04 bits per heavy atom. The number of carbonyl (C=O) groups is 1. The first-order chi connectivity index (χ1) is 13.0. The van der Waals surface area contributed by atoms with E-state index in [-0.39, 0.29) is 11.7 Å². The van der Waals surface area contributed by atoms with Crippen molar-refractivity contribution in [2.75, 3.05) is 23.7 Å². The second-order valence-electron chi connectivity index (χ2n) is 7.20. The fourth-order valence-electron chi connectivity index (χ4n) is 3.92. The molecule has 0 bridgehead atoms. The van der Waals surface area contributed by atoms with Gasteiger partial charge in [0.15, 0.2) is 16.4 Å². The van der Waals surface area contributed by atoms with E-state index in [0.717, 1.165) is 25.2 Å². The minimum Gasteiger partial charge on any atom is -0.323 e. The number of amides is 1. The molecule has 2 aliphatic heterocycles. The number of carbonyl (C=O) groups excluding carboxylic acids is 1. The number of sulfone groups is 1. The fourth-order valence-corrected chi connectivity index (χ4v) is 5.19. The van der Waals surface area contributed by atoms with E-state index in [1.807, 2.05) is 36.4 Å². The highest BCUT2D eigenvalue weighted by molar-refractivity contribution is 7.94. The van der Waals surface area contributed by atoms with E-state index in [4.69, 9.17) is 0 Å². The second-order valence-corrected chi connectivity index (χ2v) is 9.13. The minimum atomic E-state index is -3.24. The van der Waals surface area contributed by atoms with Gasteiger partial charge in [-0.05, 0) is 23.8 Å². The highest BCUT2D eigenvalue weighted by Gasteiger charge is 2.33. The molecule has 6 heteroatoms. The number of anilines is 1. The molecule has 140 valence electrons. The smallest absolute Gasteiger partial charge is 0.282 e. The van der Waals surface area contributed by atoms with Gasteiger partial charge < -0.3 is 4.90 Å². The van der Waals surface area contributed by atoms with Crippen molar-refractivity contribution in [2.24, 2.45) is 0 Å². The summed E-state index contributed by atoms with van der Waals surface area (Å²) < 4.78 is 23.8. The van der Waals surface area contributed by atoms with Crippen LogP contribution in [0.25, 0.3) is 0 Å². The Morgan fingerprint density at radius 3 is 2.44 bits per heavy atom. The number of para-hydroxylation sites is 1. The van der Waals surface area contributed by atoms with Gasteiger partial charge in [0.25, 0.3) is 5.91 Å². The maximum atomic E-state index is 13.2. The molecule has 1 amide bonds. The van der Waals surface area contributed by atoms with E-state index < -0.39 is 15.9 Å². The standard InChI is InChI=1S/C21H22N2O3S/c24-21(15-22-12-10-17-6-4-5-7-18(17)14-22)23(19-8-2-1-3-9-19)20-11-13-27(25,26)16-20/h1-9,11,13,20H,10,12,14-16H2/p+1/t20-/m0/s1. The average Bonchev–Trinajstić information content (AvgIpc) is 3.02. The Kier molecular flexibility index (Phi) is 4.85. The SMILES string of the molecule is O=C(C[NH+]1CCc2ccccc2C1)N(c1ccccc1)[C@H]1C=CS(=O)(=O)C1. The molecule has 2 aromatic rings. The van der Waals surface area contributed by atoms with Crippen molar-refractivity contribution in [3.8, 4) is 0 Å². The summed E-state index contributed by atoms with van der Waals surface area (Å²) in [5.41, 5.74) is 3.39. The molecular formula is C21H23N2O3S+. The van der Waals surface area contributed by atoms with Gasteiger partial charge in [0.2, 0.25) is 0 Å². The highest BCUT2D eigenvalue weighted by atomic mass is 32.2. The zero-order valence-electron chi connectivity index (χ0n) is 15.0. The van der Waals surface area contributed by atoms with Gasteiger partial charge in [-0.1, -0.05) is 42.5 Å². The van der Waals surface area contributed by atoms with Gasteiger partial charge in [-0.2, -0.15) is 0 Å². The highest BCUT2D eigenvalue weighted by Crippen LogP contribution is 2.22. The zero-order valence-corrected chi connectivity index (χ0v) is 15.9. The Labute approximate surface area is 159 Å². The average molecular weight is 383 g/mol. The summed E-state index contributed by atoms with van der Waals surface area (Å²) in [7, 11) is -3.24. The van der Waals surface area contributed by atoms with Gasteiger partial charge in [-0.3, -0.25) is 9.69 Å². The molecule has 0 fully saturated rings. The molecule has 27 heavy (non-hydrogen) atoms. The minimum absolute atomic E-state index is 0.0395. The summed E-state index contributed by atoms with van der Waals surface area (Å²) in [5, 5.41) is 1.23. The normalized spacial score (nSPS) is 23.0. The topological polar surface area (TPSA) is 58.9 Å². The van der Waals surface area contributed by atoms with Crippen LogP contribution in [0.15, 0.2) is 66.1 Å². The number of benzene rings is 2. The summed E-state index contributed by atoms with van der Waals surface area (Å²) in [6.07, 6.45) is 2.59.